The summed E-state index contributed by atoms with van der Waals surface area (Å²) in [4.78, 5) is 6.27. The highest BCUT2D eigenvalue weighted by molar-refractivity contribution is 5.01. The van der Waals surface area contributed by atoms with Crippen molar-refractivity contribution in [1.82, 2.24) is 9.97 Å². The maximum atomic E-state index is 12.5. The summed E-state index contributed by atoms with van der Waals surface area (Å²) in [5.41, 5.74) is 0.118. The quantitative estimate of drug-likeness (QED) is 0.555. The van der Waals surface area contributed by atoms with Crippen LogP contribution in [-0.4, -0.2) is 9.97 Å². The fourth-order valence-electron chi connectivity index (χ4n) is 0.626. The normalized spacial score (nSPS) is 9.90. The molecule has 10 heavy (non-hydrogen) atoms. The van der Waals surface area contributed by atoms with Gasteiger partial charge in [0.15, 0.2) is 5.82 Å². The summed E-state index contributed by atoms with van der Waals surface area (Å²) >= 11 is 0. The van der Waals surface area contributed by atoms with Crippen LogP contribution in [0, 0.1) is 11.9 Å². The molecule has 4 heteroatoms. The van der Waals surface area contributed by atoms with Crippen LogP contribution in [0.5, 0.6) is 0 Å². The topological polar surface area (TPSA) is 25.8 Å². The van der Waals surface area contributed by atoms with Crippen molar-refractivity contribution in [2.45, 2.75) is 13.3 Å². The van der Waals surface area contributed by atoms with Crippen molar-refractivity contribution in [3.8, 4) is 0 Å². The molecule has 0 N–H and O–H groups in total. The van der Waals surface area contributed by atoms with E-state index in [1.807, 2.05) is 0 Å². The first-order chi connectivity index (χ1) is 4.74. The van der Waals surface area contributed by atoms with Crippen LogP contribution in [0.3, 0.4) is 0 Å². The average molecular weight is 144 g/mol. The van der Waals surface area contributed by atoms with E-state index in [4.69, 9.17) is 0 Å². The molecule has 0 radical (unpaired) electrons. The first kappa shape index (κ1) is 7.05. The second-order valence-electron chi connectivity index (χ2n) is 1.79. The lowest BCUT2D eigenvalue weighted by molar-refractivity contribution is 0.503. The zero-order valence-corrected chi connectivity index (χ0v) is 5.43. The summed E-state index contributed by atoms with van der Waals surface area (Å²) < 4.78 is 24.6. The van der Waals surface area contributed by atoms with Gasteiger partial charge in [-0.25, -0.2) is 14.4 Å². The highest BCUT2D eigenvalue weighted by Gasteiger charge is 2.02. The molecule has 0 aliphatic rings. The summed E-state index contributed by atoms with van der Waals surface area (Å²) in [6, 6.07) is 0. The highest BCUT2D eigenvalue weighted by atomic mass is 19.1. The molecule has 0 amide bonds. The molecule has 0 bridgehead atoms. The molecule has 0 atom stereocenters. The molecule has 0 spiro atoms. The van der Waals surface area contributed by atoms with E-state index in [0.717, 1.165) is 6.20 Å². The second kappa shape index (κ2) is 2.68. The van der Waals surface area contributed by atoms with Crippen LogP contribution < -0.4 is 0 Å². The molecule has 54 valence electrons. The maximum absolute atomic E-state index is 12.5. The lowest BCUT2D eigenvalue weighted by Crippen LogP contribution is -1.98. The first-order valence-corrected chi connectivity index (χ1v) is 2.91. The minimum Gasteiger partial charge on any atom is -0.208 e. The van der Waals surface area contributed by atoms with Gasteiger partial charge >= 0.3 is 6.08 Å². The predicted molar refractivity (Wildman–Crippen MR) is 31.3 cm³/mol. The van der Waals surface area contributed by atoms with Crippen molar-refractivity contribution in [2.24, 2.45) is 0 Å². The number of halogens is 2. The minimum atomic E-state index is -0.877. The monoisotopic (exact) mass is 144 g/mol. The summed E-state index contributed by atoms with van der Waals surface area (Å²) in [5.74, 6) is -0.552. The smallest absolute Gasteiger partial charge is 0.208 e. The van der Waals surface area contributed by atoms with Gasteiger partial charge in [-0.3, -0.25) is 0 Å². The van der Waals surface area contributed by atoms with Gasteiger partial charge in [-0.15, -0.1) is 0 Å². The minimum absolute atomic E-state index is 0.118. The van der Waals surface area contributed by atoms with E-state index in [-0.39, 0.29) is 5.69 Å². The number of hydrogen-bond acceptors (Lipinski definition) is 2. The summed E-state index contributed by atoms with van der Waals surface area (Å²) in [7, 11) is 0. The van der Waals surface area contributed by atoms with E-state index < -0.39 is 11.9 Å². The summed E-state index contributed by atoms with van der Waals surface area (Å²) in [6.07, 6.45) is 0.338. The molecule has 0 unspecified atom stereocenters. The number of aromatic nitrogens is 2. The van der Waals surface area contributed by atoms with Crippen molar-refractivity contribution < 1.29 is 8.78 Å². The van der Waals surface area contributed by atoms with Gasteiger partial charge in [0.25, 0.3) is 0 Å². The van der Waals surface area contributed by atoms with Gasteiger partial charge in [0, 0.05) is 0 Å². The Bertz CT molecular complexity index is 237. The number of aryl methyl sites for hydroxylation is 1. The van der Waals surface area contributed by atoms with Gasteiger partial charge in [0.2, 0.25) is 0 Å². The molecule has 1 rings (SSSR count). The molecular formula is C6H6F2N2. The van der Waals surface area contributed by atoms with Gasteiger partial charge < -0.3 is 0 Å². The second-order valence-corrected chi connectivity index (χ2v) is 1.79. The van der Waals surface area contributed by atoms with E-state index in [2.05, 4.69) is 9.97 Å². The summed E-state index contributed by atoms with van der Waals surface area (Å²) in [6.45, 7) is 1.70. The Hall–Kier alpha value is -1.06. The van der Waals surface area contributed by atoms with Gasteiger partial charge in [0.05, 0.1) is 11.9 Å². The van der Waals surface area contributed by atoms with E-state index >= 15 is 0 Å². The van der Waals surface area contributed by atoms with Crippen LogP contribution in [0.2, 0.25) is 0 Å². The SMILES string of the molecule is CCc1nc(F)ncc1F. The molecule has 1 aromatic rings. The largest absolute Gasteiger partial charge is 0.308 e. The zero-order valence-electron chi connectivity index (χ0n) is 5.43. The van der Waals surface area contributed by atoms with E-state index in [1.54, 1.807) is 6.92 Å². The van der Waals surface area contributed by atoms with Crippen LogP contribution in [0.4, 0.5) is 8.78 Å². The first-order valence-electron chi connectivity index (χ1n) is 2.91. The van der Waals surface area contributed by atoms with Crippen LogP contribution >= 0.6 is 0 Å². The number of rotatable bonds is 1. The van der Waals surface area contributed by atoms with Crippen LogP contribution in [0.1, 0.15) is 12.6 Å². The van der Waals surface area contributed by atoms with Gasteiger partial charge in [-0.05, 0) is 6.42 Å². The molecular weight excluding hydrogens is 138 g/mol. The third-order valence-electron chi connectivity index (χ3n) is 1.12. The van der Waals surface area contributed by atoms with Gasteiger partial charge in [0.1, 0.15) is 0 Å². The van der Waals surface area contributed by atoms with Crippen molar-refractivity contribution in [2.75, 3.05) is 0 Å². The van der Waals surface area contributed by atoms with E-state index in [0.29, 0.717) is 6.42 Å². The average Bonchev–Trinajstić information content (AvgIpc) is 1.94. The van der Waals surface area contributed by atoms with Crippen molar-refractivity contribution in [1.29, 1.82) is 0 Å². The Morgan fingerprint density at radius 2 is 2.20 bits per heavy atom. The molecule has 1 aromatic heterocycles. The molecule has 0 aliphatic carbocycles. The van der Waals surface area contributed by atoms with Crippen molar-refractivity contribution in [3.05, 3.63) is 23.8 Å². The fourth-order valence-corrected chi connectivity index (χ4v) is 0.626. The lowest BCUT2D eigenvalue weighted by atomic mass is 10.3. The summed E-state index contributed by atoms with van der Waals surface area (Å²) in [5, 5.41) is 0. The van der Waals surface area contributed by atoms with Crippen LogP contribution in [0.15, 0.2) is 6.20 Å². The Balaban J connectivity index is 3.09. The Morgan fingerprint density at radius 3 is 2.70 bits per heavy atom. The molecule has 0 aliphatic heterocycles. The van der Waals surface area contributed by atoms with Crippen molar-refractivity contribution >= 4 is 0 Å². The zero-order chi connectivity index (χ0) is 7.56. The number of nitrogens with zero attached hydrogens (tertiary/aromatic N) is 2. The molecule has 2 nitrogen and oxygen atoms in total. The molecule has 0 aromatic carbocycles. The van der Waals surface area contributed by atoms with Crippen molar-refractivity contribution in [3.63, 3.8) is 0 Å². The fraction of sp³-hybridized carbons (Fsp3) is 0.333. The molecule has 0 saturated carbocycles. The van der Waals surface area contributed by atoms with Gasteiger partial charge in [-0.1, -0.05) is 6.92 Å². The predicted octanol–water partition coefficient (Wildman–Crippen LogP) is 1.32. The van der Waals surface area contributed by atoms with E-state index in [9.17, 15) is 8.78 Å². The standard InChI is InChI=1S/C6H6F2N2/c1-2-5-4(7)3-9-6(8)10-5/h3H,2H2,1H3. The molecule has 1 heterocycles. The Kier molecular flexibility index (Phi) is 1.89. The number of hydrogen-bond donors (Lipinski definition) is 0. The Morgan fingerprint density at radius 1 is 1.50 bits per heavy atom. The van der Waals surface area contributed by atoms with Crippen LogP contribution in [0.25, 0.3) is 0 Å². The highest BCUT2D eigenvalue weighted by Crippen LogP contribution is 2.01. The third kappa shape index (κ3) is 1.26. The van der Waals surface area contributed by atoms with Gasteiger partial charge in [-0.2, -0.15) is 4.39 Å². The maximum Gasteiger partial charge on any atom is 0.308 e. The third-order valence-corrected chi connectivity index (χ3v) is 1.12. The Labute approximate surface area is 56.9 Å². The lowest BCUT2D eigenvalue weighted by Gasteiger charge is -1.94. The molecule has 0 fully saturated rings. The van der Waals surface area contributed by atoms with E-state index in [1.165, 1.54) is 0 Å². The van der Waals surface area contributed by atoms with Crippen LogP contribution in [-0.2, 0) is 6.42 Å². The molecule has 0 saturated heterocycles.